The zero-order chi connectivity index (χ0) is 20.1. The van der Waals surface area contributed by atoms with Crippen LogP contribution in [0.2, 0.25) is 0 Å². The van der Waals surface area contributed by atoms with Crippen molar-refractivity contribution in [3.05, 3.63) is 65.1 Å². The molecule has 0 aliphatic heterocycles. The van der Waals surface area contributed by atoms with Crippen molar-refractivity contribution in [2.24, 2.45) is 0 Å². The lowest BCUT2D eigenvalue weighted by Gasteiger charge is -2.02. The summed E-state index contributed by atoms with van der Waals surface area (Å²) in [5.74, 6) is 1.82. The summed E-state index contributed by atoms with van der Waals surface area (Å²) in [7, 11) is 1.65. The predicted octanol–water partition coefficient (Wildman–Crippen LogP) is 2.82. The van der Waals surface area contributed by atoms with Gasteiger partial charge in [0, 0.05) is 37.0 Å². The van der Waals surface area contributed by atoms with Crippen LogP contribution in [0.1, 0.15) is 29.5 Å². The molecule has 0 atom stereocenters. The van der Waals surface area contributed by atoms with Crippen LogP contribution >= 0.6 is 11.3 Å². The normalized spacial score (nSPS) is 11.1. The number of hydrogen-bond donors (Lipinski definition) is 1. The maximum absolute atomic E-state index is 12.1. The first-order valence-electron chi connectivity index (χ1n) is 9.31. The second-order valence-corrected chi connectivity index (χ2v) is 7.41. The van der Waals surface area contributed by atoms with Crippen molar-refractivity contribution in [1.82, 2.24) is 24.9 Å². The minimum absolute atomic E-state index is 0.0701. The second kappa shape index (κ2) is 8.87. The number of aromatic nitrogens is 4. The van der Waals surface area contributed by atoms with E-state index in [2.05, 4.69) is 20.5 Å². The Morgan fingerprint density at radius 1 is 1.17 bits per heavy atom. The number of rotatable bonds is 9. The summed E-state index contributed by atoms with van der Waals surface area (Å²) in [5, 5.41) is 13.0. The Labute approximate surface area is 171 Å². The summed E-state index contributed by atoms with van der Waals surface area (Å²) in [4.78, 5) is 17.4. The Kier molecular flexibility index (Phi) is 5.85. The van der Waals surface area contributed by atoms with Gasteiger partial charge < -0.3 is 14.5 Å². The predicted molar refractivity (Wildman–Crippen MR) is 108 cm³/mol. The molecule has 8 nitrogen and oxygen atoms in total. The standard InChI is InChI=1S/C20H21N5O3S/c1-27-16-5-2-14(3-6-16)4-8-18-23-24-19(28-18)9-7-17(26)21-12-15-13-25-10-11-29-20(25)22-15/h2-3,5-6,10-11,13H,4,7-9,12H2,1H3,(H,21,26). The van der Waals surface area contributed by atoms with E-state index in [1.807, 2.05) is 46.4 Å². The van der Waals surface area contributed by atoms with Crippen LogP contribution in [0, 0.1) is 0 Å². The van der Waals surface area contributed by atoms with Gasteiger partial charge in [0.05, 0.1) is 19.3 Å². The van der Waals surface area contributed by atoms with Crippen molar-refractivity contribution in [3.63, 3.8) is 0 Å². The maximum Gasteiger partial charge on any atom is 0.220 e. The SMILES string of the molecule is COc1ccc(CCc2nnc(CCC(=O)NCc3cn4ccsc4n3)o2)cc1. The largest absolute Gasteiger partial charge is 0.497 e. The number of methoxy groups -OCH3 is 1. The summed E-state index contributed by atoms with van der Waals surface area (Å²) in [6, 6.07) is 7.90. The molecule has 0 aliphatic rings. The molecule has 1 amide bonds. The third-order valence-corrected chi connectivity index (χ3v) is 5.24. The highest BCUT2D eigenvalue weighted by Crippen LogP contribution is 2.14. The molecule has 1 N–H and O–H groups in total. The lowest BCUT2D eigenvalue weighted by atomic mass is 10.1. The molecule has 4 rings (SSSR count). The highest BCUT2D eigenvalue weighted by molar-refractivity contribution is 7.15. The summed E-state index contributed by atoms with van der Waals surface area (Å²) in [6.45, 7) is 0.407. The Bertz CT molecular complexity index is 1050. The molecule has 1 aromatic carbocycles. The number of imidazole rings is 1. The highest BCUT2D eigenvalue weighted by Gasteiger charge is 2.10. The number of carbonyl (C=O) groups excluding carboxylic acids is 1. The van der Waals surface area contributed by atoms with Gasteiger partial charge in [0.25, 0.3) is 0 Å². The van der Waals surface area contributed by atoms with E-state index in [0.717, 1.165) is 22.8 Å². The molecule has 4 aromatic rings. The van der Waals surface area contributed by atoms with Gasteiger partial charge in [-0.1, -0.05) is 12.1 Å². The average Bonchev–Trinajstić information content (AvgIpc) is 3.46. The van der Waals surface area contributed by atoms with Gasteiger partial charge in [-0.25, -0.2) is 4.98 Å². The topological polar surface area (TPSA) is 94.5 Å². The Hall–Kier alpha value is -3.20. The minimum Gasteiger partial charge on any atom is -0.497 e. The average molecular weight is 411 g/mol. The molecule has 0 unspecified atom stereocenters. The number of benzene rings is 1. The number of carbonyl (C=O) groups is 1. The van der Waals surface area contributed by atoms with Crippen molar-refractivity contribution in [1.29, 1.82) is 0 Å². The third-order valence-electron chi connectivity index (χ3n) is 4.47. The van der Waals surface area contributed by atoms with Crippen LogP contribution in [0.15, 0.2) is 46.5 Å². The molecule has 0 radical (unpaired) electrons. The molecule has 0 saturated heterocycles. The molecule has 0 aliphatic carbocycles. The molecule has 0 saturated carbocycles. The molecule has 0 bridgehead atoms. The lowest BCUT2D eigenvalue weighted by Crippen LogP contribution is -2.23. The van der Waals surface area contributed by atoms with Gasteiger partial charge in [-0.2, -0.15) is 0 Å². The molecule has 0 fully saturated rings. The van der Waals surface area contributed by atoms with Crippen molar-refractivity contribution >= 4 is 22.2 Å². The van der Waals surface area contributed by atoms with Crippen LogP contribution in [0.3, 0.4) is 0 Å². The van der Waals surface area contributed by atoms with E-state index >= 15 is 0 Å². The quantitative estimate of drug-likeness (QED) is 0.455. The number of thiazole rings is 1. The molecule has 9 heteroatoms. The van der Waals surface area contributed by atoms with Crippen molar-refractivity contribution < 1.29 is 13.9 Å². The highest BCUT2D eigenvalue weighted by atomic mass is 32.1. The fourth-order valence-electron chi connectivity index (χ4n) is 2.89. The second-order valence-electron chi connectivity index (χ2n) is 6.54. The van der Waals surface area contributed by atoms with E-state index < -0.39 is 0 Å². The van der Waals surface area contributed by atoms with Gasteiger partial charge >= 0.3 is 0 Å². The Balaban J connectivity index is 1.20. The van der Waals surface area contributed by atoms with Crippen LogP contribution in [0.5, 0.6) is 5.75 Å². The number of fused-ring (bicyclic) bond motifs is 1. The fraction of sp³-hybridized carbons (Fsp3) is 0.300. The number of ether oxygens (including phenoxy) is 1. The first kappa shape index (κ1) is 19.1. The van der Waals surface area contributed by atoms with E-state index in [0.29, 0.717) is 37.6 Å². The van der Waals surface area contributed by atoms with Crippen molar-refractivity contribution in [2.45, 2.75) is 32.2 Å². The van der Waals surface area contributed by atoms with E-state index in [9.17, 15) is 4.79 Å². The molecule has 3 heterocycles. The van der Waals surface area contributed by atoms with E-state index in [4.69, 9.17) is 9.15 Å². The number of hydrogen-bond acceptors (Lipinski definition) is 7. The summed E-state index contributed by atoms with van der Waals surface area (Å²) in [6.07, 6.45) is 6.03. The summed E-state index contributed by atoms with van der Waals surface area (Å²) >= 11 is 1.56. The molecular formula is C20H21N5O3S. The lowest BCUT2D eigenvalue weighted by molar-refractivity contribution is -0.121. The van der Waals surface area contributed by atoms with Crippen LogP contribution < -0.4 is 10.1 Å². The molecule has 29 heavy (non-hydrogen) atoms. The minimum atomic E-state index is -0.0701. The van der Waals surface area contributed by atoms with Crippen LogP contribution in [0.25, 0.3) is 4.96 Å². The van der Waals surface area contributed by atoms with Gasteiger partial charge in [0.2, 0.25) is 17.7 Å². The first-order chi connectivity index (χ1) is 14.2. The van der Waals surface area contributed by atoms with Gasteiger partial charge in [-0.15, -0.1) is 21.5 Å². The number of amides is 1. The molecular weight excluding hydrogens is 390 g/mol. The van der Waals surface area contributed by atoms with E-state index in [1.165, 1.54) is 5.56 Å². The monoisotopic (exact) mass is 411 g/mol. The van der Waals surface area contributed by atoms with Crippen LogP contribution in [-0.2, 0) is 30.6 Å². The summed E-state index contributed by atoms with van der Waals surface area (Å²) < 4.78 is 12.8. The molecule has 0 spiro atoms. The molecule has 3 aromatic heterocycles. The van der Waals surface area contributed by atoms with E-state index in [-0.39, 0.29) is 5.91 Å². The molecule has 150 valence electrons. The Morgan fingerprint density at radius 3 is 2.72 bits per heavy atom. The number of nitrogens with one attached hydrogen (secondary N) is 1. The van der Waals surface area contributed by atoms with Gasteiger partial charge in [-0.3, -0.25) is 9.20 Å². The maximum atomic E-state index is 12.1. The van der Waals surface area contributed by atoms with Crippen molar-refractivity contribution in [3.8, 4) is 5.75 Å². The van der Waals surface area contributed by atoms with Crippen molar-refractivity contribution in [2.75, 3.05) is 7.11 Å². The van der Waals surface area contributed by atoms with Crippen LogP contribution in [-0.4, -0.2) is 32.6 Å². The van der Waals surface area contributed by atoms with Gasteiger partial charge in [0.1, 0.15) is 5.75 Å². The summed E-state index contributed by atoms with van der Waals surface area (Å²) in [5.41, 5.74) is 2.01. The fourth-order valence-corrected chi connectivity index (χ4v) is 3.61. The van der Waals surface area contributed by atoms with Crippen LogP contribution in [0.4, 0.5) is 0 Å². The first-order valence-corrected chi connectivity index (χ1v) is 10.2. The number of nitrogens with zero attached hydrogens (tertiary/aromatic N) is 4. The van der Waals surface area contributed by atoms with Gasteiger partial charge in [0.15, 0.2) is 4.96 Å². The zero-order valence-corrected chi connectivity index (χ0v) is 16.8. The number of aryl methyl sites for hydroxylation is 3. The third kappa shape index (κ3) is 5.00. The zero-order valence-electron chi connectivity index (χ0n) is 16.0. The van der Waals surface area contributed by atoms with E-state index in [1.54, 1.807) is 18.4 Å². The Morgan fingerprint density at radius 2 is 1.97 bits per heavy atom. The van der Waals surface area contributed by atoms with Gasteiger partial charge in [-0.05, 0) is 24.1 Å². The smallest absolute Gasteiger partial charge is 0.220 e.